The summed E-state index contributed by atoms with van der Waals surface area (Å²) >= 11 is 0. The van der Waals surface area contributed by atoms with E-state index in [0.29, 0.717) is 19.0 Å². The van der Waals surface area contributed by atoms with Crippen LogP contribution in [0.1, 0.15) is 0 Å². The summed E-state index contributed by atoms with van der Waals surface area (Å²) in [5.41, 5.74) is 0. The van der Waals surface area contributed by atoms with E-state index < -0.39 is 0 Å². The van der Waals surface area contributed by atoms with E-state index in [1.807, 2.05) is 4.90 Å². The van der Waals surface area contributed by atoms with E-state index in [1.165, 1.54) is 6.20 Å². The Bertz CT molecular complexity index is 257. The van der Waals surface area contributed by atoms with Crippen molar-refractivity contribution in [2.24, 2.45) is 0 Å². The van der Waals surface area contributed by atoms with Gasteiger partial charge in [0.15, 0.2) is 11.6 Å². The molecule has 1 aromatic heterocycles. The van der Waals surface area contributed by atoms with E-state index in [-0.39, 0.29) is 5.82 Å². The van der Waals surface area contributed by atoms with Gasteiger partial charge < -0.3 is 9.64 Å². The third-order valence-corrected chi connectivity index (χ3v) is 1.90. The van der Waals surface area contributed by atoms with Crippen LogP contribution in [0, 0.1) is 5.82 Å². The van der Waals surface area contributed by atoms with Crippen LogP contribution in [0.4, 0.5) is 10.2 Å². The predicted octanol–water partition coefficient (Wildman–Crippen LogP) is 0.385. The lowest BCUT2D eigenvalue weighted by Crippen LogP contribution is -2.36. The van der Waals surface area contributed by atoms with Crippen molar-refractivity contribution in [1.29, 1.82) is 0 Å². The highest BCUT2D eigenvalue weighted by Gasteiger charge is 2.15. The van der Waals surface area contributed by atoms with Crippen molar-refractivity contribution < 1.29 is 9.13 Å². The Labute approximate surface area is 69.3 Å². The summed E-state index contributed by atoms with van der Waals surface area (Å²) in [5.74, 6) is 0.176. The largest absolute Gasteiger partial charge is 0.378 e. The maximum absolute atomic E-state index is 13.0. The molecule has 4 nitrogen and oxygen atoms in total. The molecule has 66 valence electrons. The minimum atomic E-state index is -0.295. The van der Waals surface area contributed by atoms with E-state index >= 15 is 0 Å². The van der Waals surface area contributed by atoms with Gasteiger partial charge in [0.1, 0.15) is 0 Å². The number of aromatic amines is 1. The zero-order valence-corrected chi connectivity index (χ0v) is 6.59. The van der Waals surface area contributed by atoms with Crippen LogP contribution in [0.2, 0.25) is 0 Å². The third kappa shape index (κ3) is 1.27. The highest BCUT2D eigenvalue weighted by molar-refractivity contribution is 5.38. The lowest BCUT2D eigenvalue weighted by molar-refractivity contribution is 0.122. The maximum atomic E-state index is 13.0. The number of nitrogens with zero attached hydrogens (tertiary/aromatic N) is 2. The molecule has 1 aromatic rings. The average Bonchev–Trinajstić information content (AvgIpc) is 2.53. The molecule has 0 bridgehead atoms. The van der Waals surface area contributed by atoms with Gasteiger partial charge in [0.25, 0.3) is 0 Å². The van der Waals surface area contributed by atoms with Gasteiger partial charge in [-0.1, -0.05) is 0 Å². The van der Waals surface area contributed by atoms with Gasteiger partial charge in [-0.05, 0) is 0 Å². The minimum Gasteiger partial charge on any atom is -0.378 e. The quantitative estimate of drug-likeness (QED) is 0.664. The minimum absolute atomic E-state index is 0.295. The lowest BCUT2D eigenvalue weighted by atomic mass is 10.4. The number of nitrogens with one attached hydrogen (secondary N) is 1. The number of rotatable bonds is 1. The standard InChI is InChI=1S/C7H10FN3O/c8-6-5-9-10-7(6)11-1-3-12-4-2-11/h5H,1-4H2,(H,9,10). The van der Waals surface area contributed by atoms with Gasteiger partial charge >= 0.3 is 0 Å². The Morgan fingerprint density at radius 3 is 2.83 bits per heavy atom. The monoisotopic (exact) mass is 171 g/mol. The summed E-state index contributed by atoms with van der Waals surface area (Å²) in [4.78, 5) is 1.89. The topological polar surface area (TPSA) is 41.2 Å². The van der Waals surface area contributed by atoms with Gasteiger partial charge in [-0.25, -0.2) is 4.39 Å². The maximum Gasteiger partial charge on any atom is 0.185 e. The molecule has 2 heterocycles. The van der Waals surface area contributed by atoms with Crippen molar-refractivity contribution in [3.05, 3.63) is 12.0 Å². The highest BCUT2D eigenvalue weighted by atomic mass is 19.1. The summed E-state index contributed by atoms with van der Waals surface area (Å²) in [6.45, 7) is 2.75. The summed E-state index contributed by atoms with van der Waals surface area (Å²) in [6.07, 6.45) is 1.19. The Hall–Kier alpha value is -1.10. The summed E-state index contributed by atoms with van der Waals surface area (Å²) in [7, 11) is 0. The van der Waals surface area contributed by atoms with Crippen LogP contribution in [-0.4, -0.2) is 36.5 Å². The molecule has 0 saturated carbocycles. The first-order valence-corrected chi connectivity index (χ1v) is 3.89. The molecule has 0 unspecified atom stereocenters. The van der Waals surface area contributed by atoms with E-state index in [4.69, 9.17) is 4.74 Å². The highest BCUT2D eigenvalue weighted by Crippen LogP contribution is 2.15. The molecule has 0 aliphatic carbocycles. The zero-order valence-electron chi connectivity index (χ0n) is 6.59. The summed E-state index contributed by atoms with van der Waals surface area (Å²) in [5, 5.41) is 6.23. The predicted molar refractivity (Wildman–Crippen MR) is 41.6 cm³/mol. The Kier molecular flexibility index (Phi) is 1.95. The van der Waals surface area contributed by atoms with E-state index in [9.17, 15) is 4.39 Å². The van der Waals surface area contributed by atoms with Crippen LogP contribution in [0.3, 0.4) is 0 Å². The number of morpholine rings is 1. The molecule has 0 spiro atoms. The number of hydrogen-bond acceptors (Lipinski definition) is 3. The molecular weight excluding hydrogens is 161 g/mol. The number of hydrogen-bond donors (Lipinski definition) is 1. The molecule has 0 radical (unpaired) electrons. The van der Waals surface area contributed by atoms with E-state index in [1.54, 1.807) is 0 Å². The van der Waals surface area contributed by atoms with Gasteiger partial charge in [-0.3, -0.25) is 5.10 Å². The van der Waals surface area contributed by atoms with Crippen molar-refractivity contribution >= 4 is 5.82 Å². The Balaban J connectivity index is 2.13. The van der Waals surface area contributed by atoms with Crippen molar-refractivity contribution in [3.8, 4) is 0 Å². The molecule has 5 heteroatoms. The van der Waals surface area contributed by atoms with Crippen molar-refractivity contribution in [2.75, 3.05) is 31.2 Å². The van der Waals surface area contributed by atoms with Gasteiger partial charge in [0.05, 0.1) is 19.4 Å². The first kappa shape index (κ1) is 7.54. The fraction of sp³-hybridized carbons (Fsp3) is 0.571. The van der Waals surface area contributed by atoms with E-state index in [2.05, 4.69) is 10.2 Å². The molecule has 0 atom stereocenters. The molecule has 0 amide bonds. The van der Waals surface area contributed by atoms with Gasteiger partial charge in [-0.2, -0.15) is 5.10 Å². The van der Waals surface area contributed by atoms with Gasteiger partial charge in [0, 0.05) is 13.1 Å². The smallest absolute Gasteiger partial charge is 0.185 e. The first-order chi connectivity index (χ1) is 5.88. The second-order valence-corrected chi connectivity index (χ2v) is 2.67. The van der Waals surface area contributed by atoms with Crippen LogP contribution in [0.25, 0.3) is 0 Å². The van der Waals surface area contributed by atoms with E-state index in [0.717, 1.165) is 13.1 Å². The fourth-order valence-corrected chi connectivity index (χ4v) is 1.27. The van der Waals surface area contributed by atoms with Gasteiger partial charge in [0.2, 0.25) is 0 Å². The molecule has 12 heavy (non-hydrogen) atoms. The van der Waals surface area contributed by atoms with Crippen LogP contribution < -0.4 is 4.90 Å². The second-order valence-electron chi connectivity index (χ2n) is 2.67. The van der Waals surface area contributed by atoms with Crippen molar-refractivity contribution in [1.82, 2.24) is 10.2 Å². The normalized spacial score (nSPS) is 18.2. The SMILES string of the molecule is Fc1cn[nH]c1N1CCOCC1. The van der Waals surface area contributed by atoms with Crippen molar-refractivity contribution in [3.63, 3.8) is 0 Å². The number of aromatic nitrogens is 2. The lowest BCUT2D eigenvalue weighted by Gasteiger charge is -2.26. The Morgan fingerprint density at radius 2 is 2.25 bits per heavy atom. The molecule has 2 rings (SSSR count). The van der Waals surface area contributed by atoms with Gasteiger partial charge in [-0.15, -0.1) is 0 Å². The number of halogens is 1. The Morgan fingerprint density at radius 1 is 1.50 bits per heavy atom. The van der Waals surface area contributed by atoms with Crippen molar-refractivity contribution in [2.45, 2.75) is 0 Å². The average molecular weight is 171 g/mol. The first-order valence-electron chi connectivity index (χ1n) is 3.89. The molecule has 1 saturated heterocycles. The second kappa shape index (κ2) is 3.10. The third-order valence-electron chi connectivity index (χ3n) is 1.90. The number of ether oxygens (including phenoxy) is 1. The zero-order chi connectivity index (χ0) is 8.39. The molecule has 1 N–H and O–H groups in total. The summed E-state index contributed by atoms with van der Waals surface area (Å²) < 4.78 is 18.1. The molecule has 1 fully saturated rings. The number of H-pyrrole nitrogens is 1. The van der Waals surface area contributed by atoms with Crippen LogP contribution in [0.15, 0.2) is 6.20 Å². The number of anilines is 1. The van der Waals surface area contributed by atoms with Crippen LogP contribution >= 0.6 is 0 Å². The molecular formula is C7H10FN3O. The molecule has 0 aromatic carbocycles. The summed E-state index contributed by atoms with van der Waals surface area (Å²) in [6, 6.07) is 0. The molecule has 1 aliphatic rings. The fourth-order valence-electron chi connectivity index (χ4n) is 1.27. The molecule has 1 aliphatic heterocycles. The van der Waals surface area contributed by atoms with Crippen LogP contribution in [-0.2, 0) is 4.74 Å². The van der Waals surface area contributed by atoms with Crippen LogP contribution in [0.5, 0.6) is 0 Å².